The van der Waals surface area contributed by atoms with E-state index in [1.165, 1.54) is 4.90 Å². The topological polar surface area (TPSA) is 55.8 Å². The van der Waals surface area contributed by atoms with E-state index >= 15 is 0 Å². The third kappa shape index (κ3) is 5.97. The number of anilines is 1. The lowest BCUT2D eigenvalue weighted by Gasteiger charge is -2.38. The Morgan fingerprint density at radius 3 is 2.15 bits per heavy atom. The first-order valence-corrected chi connectivity index (χ1v) is 11.7. The SMILES string of the molecule is COc1ccc(CCC(=O)C(C)(C)N(C(=O)CCl)c2ccc(Oc3ccccc3)cc2C)cc1. The number of nitrogens with zero attached hydrogens (tertiary/aromatic N) is 1. The lowest BCUT2D eigenvalue weighted by atomic mass is 9.90. The number of Topliss-reactive ketones (excluding diaryl/α,β-unsaturated/α-hetero) is 1. The Hall–Kier alpha value is -3.31. The van der Waals surface area contributed by atoms with Crippen LogP contribution in [0.5, 0.6) is 17.2 Å². The Bertz CT molecular complexity index is 1130. The largest absolute Gasteiger partial charge is 0.497 e. The number of ether oxygens (including phenoxy) is 2. The average molecular weight is 480 g/mol. The first-order chi connectivity index (χ1) is 16.3. The molecule has 0 bridgehead atoms. The maximum Gasteiger partial charge on any atom is 0.242 e. The Kier molecular flexibility index (Phi) is 8.35. The van der Waals surface area contributed by atoms with E-state index in [9.17, 15) is 9.59 Å². The second-order valence-electron chi connectivity index (χ2n) is 8.56. The van der Waals surface area contributed by atoms with Gasteiger partial charge < -0.3 is 9.47 Å². The zero-order chi connectivity index (χ0) is 24.7. The van der Waals surface area contributed by atoms with Crippen molar-refractivity contribution in [2.24, 2.45) is 0 Å². The van der Waals surface area contributed by atoms with Crippen molar-refractivity contribution in [1.29, 1.82) is 0 Å². The molecule has 0 saturated carbocycles. The predicted octanol–water partition coefficient (Wildman–Crippen LogP) is 6.35. The summed E-state index contributed by atoms with van der Waals surface area (Å²) in [5, 5.41) is 0. The molecule has 3 rings (SSSR count). The summed E-state index contributed by atoms with van der Waals surface area (Å²) in [6.45, 7) is 5.42. The number of para-hydroxylation sites is 1. The molecule has 34 heavy (non-hydrogen) atoms. The molecular formula is C28H30ClNO4. The summed E-state index contributed by atoms with van der Waals surface area (Å²) in [5.41, 5.74) is 1.39. The zero-order valence-corrected chi connectivity index (χ0v) is 20.8. The van der Waals surface area contributed by atoms with E-state index in [1.807, 2.05) is 67.6 Å². The van der Waals surface area contributed by atoms with Gasteiger partial charge in [0.05, 0.1) is 7.11 Å². The van der Waals surface area contributed by atoms with Crippen LogP contribution in [-0.4, -0.2) is 30.2 Å². The van der Waals surface area contributed by atoms with Gasteiger partial charge in [-0.3, -0.25) is 14.5 Å². The van der Waals surface area contributed by atoms with Crippen LogP contribution in [0.1, 0.15) is 31.4 Å². The van der Waals surface area contributed by atoms with Gasteiger partial charge in [-0.2, -0.15) is 0 Å². The molecule has 5 nitrogen and oxygen atoms in total. The van der Waals surface area contributed by atoms with E-state index in [-0.39, 0.29) is 17.6 Å². The number of carbonyl (C=O) groups excluding carboxylic acids is 2. The molecule has 0 saturated heterocycles. The van der Waals surface area contributed by atoms with Crippen molar-refractivity contribution in [3.05, 3.63) is 83.9 Å². The summed E-state index contributed by atoms with van der Waals surface area (Å²) < 4.78 is 11.1. The number of carbonyl (C=O) groups is 2. The fourth-order valence-corrected chi connectivity index (χ4v) is 3.97. The van der Waals surface area contributed by atoms with Gasteiger partial charge in [0.15, 0.2) is 5.78 Å². The van der Waals surface area contributed by atoms with Gasteiger partial charge in [0.25, 0.3) is 0 Å². The first-order valence-electron chi connectivity index (χ1n) is 11.1. The van der Waals surface area contributed by atoms with Crippen LogP contribution in [0.3, 0.4) is 0 Å². The van der Waals surface area contributed by atoms with Gasteiger partial charge in [0.2, 0.25) is 5.91 Å². The average Bonchev–Trinajstić information content (AvgIpc) is 2.84. The standard InChI is InChI=1S/C28H30ClNO4/c1-20-18-24(34-23-8-6-5-7-9-23)15-16-25(20)30(27(32)19-29)28(2,3)26(31)17-12-21-10-13-22(33-4)14-11-21/h5-11,13-16,18H,12,17,19H2,1-4H3. The molecule has 0 aliphatic carbocycles. The highest BCUT2D eigenvalue weighted by molar-refractivity contribution is 6.30. The molecule has 178 valence electrons. The van der Waals surface area contributed by atoms with E-state index in [1.54, 1.807) is 33.1 Å². The highest BCUT2D eigenvalue weighted by Crippen LogP contribution is 2.33. The second kappa shape index (κ2) is 11.2. The third-order valence-electron chi connectivity index (χ3n) is 5.79. The minimum atomic E-state index is -1.08. The van der Waals surface area contributed by atoms with Gasteiger partial charge in [-0.15, -0.1) is 11.6 Å². The lowest BCUT2D eigenvalue weighted by molar-refractivity contribution is -0.127. The Morgan fingerprint density at radius 2 is 1.56 bits per heavy atom. The third-order valence-corrected chi connectivity index (χ3v) is 6.02. The van der Waals surface area contributed by atoms with E-state index < -0.39 is 5.54 Å². The van der Waals surface area contributed by atoms with Crippen molar-refractivity contribution in [3.63, 3.8) is 0 Å². The van der Waals surface area contributed by atoms with Gasteiger partial charge in [0, 0.05) is 12.1 Å². The lowest BCUT2D eigenvalue weighted by Crippen LogP contribution is -2.54. The summed E-state index contributed by atoms with van der Waals surface area (Å²) >= 11 is 5.96. The number of halogens is 1. The van der Waals surface area contributed by atoms with Gasteiger partial charge in [-0.05, 0) is 80.8 Å². The minimum Gasteiger partial charge on any atom is -0.497 e. The van der Waals surface area contributed by atoms with Gasteiger partial charge in [-0.1, -0.05) is 30.3 Å². The van der Waals surface area contributed by atoms with Crippen LogP contribution in [0.2, 0.25) is 0 Å². The second-order valence-corrected chi connectivity index (χ2v) is 8.82. The fourth-order valence-electron chi connectivity index (χ4n) is 3.85. The Balaban J connectivity index is 1.81. The molecule has 0 unspecified atom stereocenters. The summed E-state index contributed by atoms with van der Waals surface area (Å²) in [6.07, 6.45) is 0.859. The molecule has 6 heteroatoms. The maximum atomic E-state index is 13.3. The zero-order valence-electron chi connectivity index (χ0n) is 20.0. The van der Waals surface area contributed by atoms with Crippen molar-refractivity contribution < 1.29 is 19.1 Å². The first kappa shape index (κ1) is 25.3. The number of rotatable bonds is 10. The van der Waals surface area contributed by atoms with Crippen LogP contribution in [-0.2, 0) is 16.0 Å². The van der Waals surface area contributed by atoms with Gasteiger partial charge >= 0.3 is 0 Å². The van der Waals surface area contributed by atoms with Crippen molar-refractivity contribution >= 4 is 29.0 Å². The van der Waals surface area contributed by atoms with Gasteiger partial charge in [0.1, 0.15) is 28.7 Å². The molecule has 1 amide bonds. The predicted molar refractivity (Wildman–Crippen MR) is 136 cm³/mol. The number of methoxy groups -OCH3 is 1. The van der Waals surface area contributed by atoms with E-state index in [0.29, 0.717) is 24.3 Å². The van der Waals surface area contributed by atoms with Gasteiger partial charge in [-0.25, -0.2) is 0 Å². The molecule has 0 radical (unpaired) electrons. The number of amides is 1. The van der Waals surface area contributed by atoms with E-state index in [4.69, 9.17) is 21.1 Å². The number of aryl methyl sites for hydroxylation is 2. The quantitative estimate of drug-likeness (QED) is 0.318. The van der Waals surface area contributed by atoms with Crippen LogP contribution < -0.4 is 14.4 Å². The van der Waals surface area contributed by atoms with Crippen molar-refractivity contribution in [3.8, 4) is 17.2 Å². The number of benzene rings is 3. The highest BCUT2D eigenvalue weighted by Gasteiger charge is 2.38. The summed E-state index contributed by atoms with van der Waals surface area (Å²) in [5.74, 6) is 1.53. The van der Waals surface area contributed by atoms with Crippen LogP contribution in [0.15, 0.2) is 72.8 Å². The summed E-state index contributed by atoms with van der Waals surface area (Å²) in [4.78, 5) is 27.8. The number of hydrogen-bond acceptors (Lipinski definition) is 4. The minimum absolute atomic E-state index is 0.0502. The molecule has 0 fully saturated rings. The molecular weight excluding hydrogens is 450 g/mol. The summed E-state index contributed by atoms with van der Waals surface area (Å²) in [7, 11) is 1.62. The molecule has 3 aromatic rings. The molecule has 0 heterocycles. The normalized spacial score (nSPS) is 11.1. The molecule has 0 aliphatic heterocycles. The van der Waals surface area contributed by atoms with Crippen molar-refractivity contribution in [1.82, 2.24) is 0 Å². The van der Waals surface area contributed by atoms with Crippen LogP contribution >= 0.6 is 11.6 Å². The molecule has 0 atom stereocenters. The van der Waals surface area contributed by atoms with Crippen LogP contribution in [0, 0.1) is 6.92 Å². The Morgan fingerprint density at radius 1 is 0.912 bits per heavy atom. The van der Waals surface area contributed by atoms with Crippen LogP contribution in [0.25, 0.3) is 0 Å². The van der Waals surface area contributed by atoms with Crippen molar-refractivity contribution in [2.45, 2.75) is 39.2 Å². The van der Waals surface area contributed by atoms with E-state index in [0.717, 1.165) is 22.6 Å². The smallest absolute Gasteiger partial charge is 0.242 e. The summed E-state index contributed by atoms with van der Waals surface area (Å²) in [6, 6.07) is 22.5. The number of hydrogen-bond donors (Lipinski definition) is 0. The van der Waals surface area contributed by atoms with E-state index in [2.05, 4.69) is 0 Å². The molecule has 0 N–H and O–H groups in total. The van der Waals surface area contributed by atoms with Crippen molar-refractivity contribution in [2.75, 3.05) is 17.9 Å². The molecule has 0 aromatic heterocycles. The molecule has 3 aromatic carbocycles. The fraction of sp³-hybridized carbons (Fsp3) is 0.286. The number of ketones is 1. The molecule has 0 spiro atoms. The number of alkyl halides is 1. The monoisotopic (exact) mass is 479 g/mol. The van der Waals surface area contributed by atoms with Crippen LogP contribution in [0.4, 0.5) is 5.69 Å². The Labute approximate surface area is 206 Å². The highest BCUT2D eigenvalue weighted by atomic mass is 35.5. The molecule has 0 aliphatic rings. The maximum absolute atomic E-state index is 13.3.